The molecular formula is C20H22N3OP. The van der Waals surface area contributed by atoms with Gasteiger partial charge < -0.3 is 9.88 Å². The summed E-state index contributed by atoms with van der Waals surface area (Å²) in [6.45, 7) is 5.68. The third kappa shape index (κ3) is 5.01. The average molecular weight is 351 g/mol. The van der Waals surface area contributed by atoms with Crippen molar-refractivity contribution in [2.24, 2.45) is 0 Å². The van der Waals surface area contributed by atoms with Crippen LogP contribution in [-0.2, 0) is 10.7 Å². The summed E-state index contributed by atoms with van der Waals surface area (Å²) < 4.78 is 12.1. The number of aromatic nitrogens is 2. The lowest BCUT2D eigenvalue weighted by atomic mass is 10.1. The lowest BCUT2D eigenvalue weighted by molar-refractivity contribution is 0.582. The number of hydrogen-bond acceptors (Lipinski definition) is 4. The maximum atomic E-state index is 12.1. The molecule has 25 heavy (non-hydrogen) atoms. The lowest BCUT2D eigenvalue weighted by Crippen LogP contribution is -1.98. The summed E-state index contributed by atoms with van der Waals surface area (Å²) >= 11 is 0. The van der Waals surface area contributed by atoms with Gasteiger partial charge in [-0.15, -0.1) is 0 Å². The predicted molar refractivity (Wildman–Crippen MR) is 105 cm³/mol. The van der Waals surface area contributed by atoms with Gasteiger partial charge in [0.05, 0.1) is 12.8 Å². The molecule has 0 radical (unpaired) electrons. The molecule has 0 fully saturated rings. The highest BCUT2D eigenvalue weighted by Gasteiger charge is 2.10. The minimum Gasteiger partial charge on any atom is -0.324 e. The van der Waals surface area contributed by atoms with Crippen molar-refractivity contribution >= 4 is 18.8 Å². The van der Waals surface area contributed by atoms with Gasteiger partial charge in [0.2, 0.25) is 5.95 Å². The van der Waals surface area contributed by atoms with Crippen molar-refractivity contribution in [3.8, 4) is 11.3 Å². The molecule has 5 heteroatoms. The maximum absolute atomic E-state index is 12.1. The Bertz CT molecular complexity index is 933. The van der Waals surface area contributed by atoms with Crippen LogP contribution < -0.4 is 5.32 Å². The molecule has 1 aromatic heterocycles. The number of benzene rings is 2. The third-order valence-electron chi connectivity index (χ3n) is 3.72. The van der Waals surface area contributed by atoms with Gasteiger partial charge in [0.25, 0.3) is 0 Å². The lowest BCUT2D eigenvalue weighted by Gasteiger charge is -2.10. The van der Waals surface area contributed by atoms with Crippen LogP contribution in [0.15, 0.2) is 60.8 Å². The van der Waals surface area contributed by atoms with E-state index in [4.69, 9.17) is 0 Å². The van der Waals surface area contributed by atoms with Crippen LogP contribution in [0.3, 0.4) is 0 Å². The molecule has 4 nitrogen and oxygen atoms in total. The zero-order valence-corrected chi connectivity index (χ0v) is 15.6. The first-order chi connectivity index (χ1) is 11.9. The Hall–Kier alpha value is -2.45. The van der Waals surface area contributed by atoms with Crippen molar-refractivity contribution in [1.82, 2.24) is 9.97 Å². The second kappa shape index (κ2) is 7.20. The Labute approximate surface area is 148 Å². The van der Waals surface area contributed by atoms with Crippen LogP contribution in [0, 0.1) is 6.92 Å². The fraction of sp³-hybridized carbons (Fsp3) is 0.200. The summed E-state index contributed by atoms with van der Waals surface area (Å²) in [6.07, 6.45) is 2.35. The van der Waals surface area contributed by atoms with Crippen LogP contribution >= 0.6 is 7.14 Å². The molecule has 0 bridgehead atoms. The zero-order valence-electron chi connectivity index (χ0n) is 14.7. The van der Waals surface area contributed by atoms with E-state index in [-0.39, 0.29) is 0 Å². The van der Waals surface area contributed by atoms with Crippen molar-refractivity contribution in [3.63, 3.8) is 0 Å². The third-order valence-corrected chi connectivity index (χ3v) is 4.84. The topological polar surface area (TPSA) is 54.9 Å². The summed E-state index contributed by atoms with van der Waals surface area (Å²) in [6, 6.07) is 18.0. The highest BCUT2D eigenvalue weighted by Crippen LogP contribution is 2.40. The average Bonchev–Trinajstić information content (AvgIpc) is 2.54. The van der Waals surface area contributed by atoms with E-state index in [1.54, 1.807) is 6.20 Å². The van der Waals surface area contributed by atoms with Gasteiger partial charge in [0.15, 0.2) is 0 Å². The number of nitrogens with zero attached hydrogens (tertiary/aromatic N) is 2. The molecule has 0 amide bonds. The van der Waals surface area contributed by atoms with Gasteiger partial charge >= 0.3 is 0 Å². The Morgan fingerprint density at radius 2 is 1.84 bits per heavy atom. The normalized spacial score (nSPS) is 11.3. The molecule has 0 aliphatic heterocycles. The van der Waals surface area contributed by atoms with E-state index in [1.807, 2.05) is 62.7 Å². The summed E-state index contributed by atoms with van der Waals surface area (Å²) in [5, 5.41) is 3.24. The van der Waals surface area contributed by atoms with E-state index in [1.165, 1.54) is 5.56 Å². The molecule has 1 heterocycles. The van der Waals surface area contributed by atoms with E-state index < -0.39 is 7.14 Å². The summed E-state index contributed by atoms with van der Waals surface area (Å²) in [5.74, 6) is 0.560. The predicted octanol–water partition coefficient (Wildman–Crippen LogP) is 5.32. The minimum atomic E-state index is -2.10. The van der Waals surface area contributed by atoms with Crippen LogP contribution in [0.1, 0.15) is 11.1 Å². The second-order valence-corrected chi connectivity index (χ2v) is 10.2. The molecule has 3 aromatic rings. The number of nitrogens with one attached hydrogen (secondary N) is 1. The summed E-state index contributed by atoms with van der Waals surface area (Å²) in [4.78, 5) is 8.92. The fourth-order valence-corrected chi connectivity index (χ4v) is 3.78. The fourth-order valence-electron chi connectivity index (χ4n) is 2.70. The van der Waals surface area contributed by atoms with Crippen LogP contribution in [0.5, 0.6) is 0 Å². The summed E-state index contributed by atoms with van der Waals surface area (Å²) in [5.41, 5.74) is 5.05. The molecule has 0 spiro atoms. The van der Waals surface area contributed by atoms with Gasteiger partial charge in [0, 0.05) is 23.6 Å². The number of rotatable bonds is 5. The van der Waals surface area contributed by atoms with Crippen molar-refractivity contribution in [3.05, 3.63) is 71.9 Å². The molecule has 0 atom stereocenters. The van der Waals surface area contributed by atoms with E-state index >= 15 is 0 Å². The quantitative estimate of drug-likeness (QED) is 0.632. The van der Waals surface area contributed by atoms with E-state index in [9.17, 15) is 4.57 Å². The molecule has 1 N–H and O–H groups in total. The summed E-state index contributed by atoms with van der Waals surface area (Å²) in [7, 11) is -2.10. The zero-order chi connectivity index (χ0) is 17.9. The number of aryl methyl sites for hydroxylation is 1. The maximum Gasteiger partial charge on any atom is 0.227 e. The van der Waals surface area contributed by atoms with Gasteiger partial charge in [-0.25, -0.2) is 9.97 Å². The van der Waals surface area contributed by atoms with E-state index in [2.05, 4.69) is 27.4 Å². The molecule has 0 aliphatic rings. The minimum absolute atomic E-state index is 0.560. The molecular weight excluding hydrogens is 329 g/mol. The number of hydrogen-bond donors (Lipinski definition) is 1. The van der Waals surface area contributed by atoms with Crippen LogP contribution in [0.25, 0.3) is 11.3 Å². The molecule has 3 rings (SSSR count). The highest BCUT2D eigenvalue weighted by atomic mass is 31.2. The largest absolute Gasteiger partial charge is 0.324 e. The Morgan fingerprint density at radius 1 is 1.04 bits per heavy atom. The Kier molecular flexibility index (Phi) is 5.00. The van der Waals surface area contributed by atoms with E-state index in [0.717, 1.165) is 22.5 Å². The van der Waals surface area contributed by atoms with Crippen molar-refractivity contribution in [2.45, 2.75) is 13.1 Å². The molecule has 128 valence electrons. The van der Waals surface area contributed by atoms with Gasteiger partial charge in [-0.05, 0) is 55.6 Å². The smallest absolute Gasteiger partial charge is 0.227 e. The van der Waals surface area contributed by atoms with Crippen molar-refractivity contribution in [1.29, 1.82) is 0 Å². The first-order valence-corrected chi connectivity index (χ1v) is 11.0. The van der Waals surface area contributed by atoms with Crippen molar-refractivity contribution in [2.75, 3.05) is 18.6 Å². The highest BCUT2D eigenvalue weighted by molar-refractivity contribution is 7.61. The molecule has 0 aliphatic carbocycles. The number of anilines is 2. The second-order valence-electron chi connectivity index (χ2n) is 6.69. The molecule has 0 saturated heterocycles. The van der Waals surface area contributed by atoms with Gasteiger partial charge in [-0.1, -0.05) is 30.3 Å². The van der Waals surface area contributed by atoms with Crippen LogP contribution in [0.2, 0.25) is 0 Å². The first-order valence-electron chi connectivity index (χ1n) is 8.19. The molecule has 0 unspecified atom stereocenters. The first kappa shape index (κ1) is 17.4. The molecule has 2 aromatic carbocycles. The van der Waals surface area contributed by atoms with Crippen molar-refractivity contribution < 1.29 is 4.57 Å². The Morgan fingerprint density at radius 3 is 2.60 bits per heavy atom. The van der Waals surface area contributed by atoms with Gasteiger partial charge in [-0.3, -0.25) is 0 Å². The molecule has 0 saturated carbocycles. The van der Waals surface area contributed by atoms with Gasteiger partial charge in [-0.2, -0.15) is 0 Å². The van der Waals surface area contributed by atoms with E-state index in [0.29, 0.717) is 12.1 Å². The SMILES string of the molecule is Cc1cccc(Nc2nccc(-c3cccc(CP(C)(C)=O)c3)n2)c1. The monoisotopic (exact) mass is 351 g/mol. The standard InChI is InChI=1S/C20H22N3OP/c1-15-6-4-9-18(12-15)22-20-21-11-10-19(23-20)17-8-5-7-16(13-17)14-25(2,3)24/h4-13H,14H2,1-3H3,(H,21,22,23). The van der Waals surface area contributed by atoms with Gasteiger partial charge in [0.1, 0.15) is 0 Å². The van der Waals surface area contributed by atoms with Crippen LogP contribution in [0.4, 0.5) is 11.6 Å². The Balaban J connectivity index is 1.86. The van der Waals surface area contributed by atoms with Crippen LogP contribution in [-0.4, -0.2) is 23.3 Å².